The van der Waals surface area contributed by atoms with Crippen LogP contribution in [0.15, 0.2) is 35.4 Å². The van der Waals surface area contributed by atoms with E-state index < -0.39 is 27.1 Å². The first kappa shape index (κ1) is 26.8. The molecule has 9 nitrogen and oxygen atoms in total. The summed E-state index contributed by atoms with van der Waals surface area (Å²) in [6.45, 7) is 1.32. The van der Waals surface area contributed by atoms with Gasteiger partial charge in [-0.25, -0.2) is 18.0 Å². The molecule has 0 bridgehead atoms. The Bertz CT molecular complexity index is 1430. The van der Waals surface area contributed by atoms with Crippen LogP contribution >= 0.6 is 0 Å². The van der Waals surface area contributed by atoms with E-state index in [2.05, 4.69) is 16.2 Å². The summed E-state index contributed by atoms with van der Waals surface area (Å²) in [7, 11) is -0.308. The average molecular weight is 537 g/mol. The normalized spacial score (nSPS) is 15.9. The highest BCUT2D eigenvalue weighted by atomic mass is 32.2. The molecular formula is C25H30F2N4O5S. The third kappa shape index (κ3) is 5.71. The first-order valence-corrected chi connectivity index (χ1v) is 13.8. The van der Waals surface area contributed by atoms with Crippen LogP contribution in [0.25, 0.3) is 10.9 Å². The van der Waals surface area contributed by atoms with Gasteiger partial charge < -0.3 is 19.7 Å². The van der Waals surface area contributed by atoms with Crippen LogP contribution in [0.3, 0.4) is 0 Å². The summed E-state index contributed by atoms with van der Waals surface area (Å²) in [4.78, 5) is 19.2. The van der Waals surface area contributed by atoms with E-state index in [1.165, 1.54) is 25.4 Å². The standard InChI is InChI=1S/C25H30F2N4O5S/c1-34-20-14-21(35-2)23(27)24(22(20)26)30(11-12-36-37(3,4)33)17-5-6-19-18(13-17)25(32)31(15-29-19)16-7-9-28-10-8-16/h5-6,13-16,28H,3,7-12H2,1-2,4H3. The number of halogens is 2. The molecule has 12 heteroatoms. The summed E-state index contributed by atoms with van der Waals surface area (Å²) in [6.07, 6.45) is 4.44. The molecule has 2 aromatic carbocycles. The fraction of sp³-hybridized carbons (Fsp3) is 0.400. The van der Waals surface area contributed by atoms with Gasteiger partial charge in [0.1, 0.15) is 5.69 Å². The Hall–Kier alpha value is -3.22. The minimum Gasteiger partial charge on any atom is -0.493 e. The van der Waals surface area contributed by atoms with Gasteiger partial charge in [-0.3, -0.25) is 13.5 Å². The number of nitrogens with one attached hydrogen (secondary N) is 1. The number of fused-ring (bicyclic) bond motifs is 1. The number of benzene rings is 2. The van der Waals surface area contributed by atoms with E-state index in [0.717, 1.165) is 32.0 Å². The minimum absolute atomic E-state index is 0.00565. The lowest BCUT2D eigenvalue weighted by atomic mass is 10.1. The van der Waals surface area contributed by atoms with Gasteiger partial charge in [0.05, 0.1) is 47.9 Å². The Kier molecular flexibility index (Phi) is 8.00. The van der Waals surface area contributed by atoms with Crippen LogP contribution < -0.4 is 25.2 Å². The van der Waals surface area contributed by atoms with Crippen LogP contribution in [0.5, 0.6) is 11.5 Å². The topological polar surface area (TPSA) is 94.9 Å². The van der Waals surface area contributed by atoms with Gasteiger partial charge in [-0.2, -0.15) is 0 Å². The van der Waals surface area contributed by atoms with Crippen LogP contribution in [0.1, 0.15) is 18.9 Å². The van der Waals surface area contributed by atoms with Gasteiger partial charge in [-0.1, -0.05) is 0 Å². The molecule has 0 amide bonds. The van der Waals surface area contributed by atoms with E-state index in [-0.39, 0.29) is 36.3 Å². The van der Waals surface area contributed by atoms with E-state index in [0.29, 0.717) is 16.6 Å². The Morgan fingerprint density at radius 1 is 1.16 bits per heavy atom. The molecule has 1 aliphatic heterocycles. The molecule has 3 aromatic rings. The molecule has 1 unspecified atom stereocenters. The molecule has 200 valence electrons. The largest absolute Gasteiger partial charge is 0.493 e. The Morgan fingerprint density at radius 2 is 1.81 bits per heavy atom. The van der Waals surface area contributed by atoms with Crippen molar-refractivity contribution in [1.29, 1.82) is 0 Å². The lowest BCUT2D eigenvalue weighted by Crippen LogP contribution is -2.34. The molecule has 0 radical (unpaired) electrons. The summed E-state index contributed by atoms with van der Waals surface area (Å²) in [5, 5.41) is 3.57. The first-order valence-electron chi connectivity index (χ1n) is 11.7. The number of methoxy groups -OCH3 is 2. The van der Waals surface area contributed by atoms with Gasteiger partial charge >= 0.3 is 0 Å². The number of piperidine rings is 1. The van der Waals surface area contributed by atoms with E-state index in [4.69, 9.17) is 13.7 Å². The number of hydrogen-bond donors (Lipinski definition) is 1. The number of nitrogens with zero attached hydrogens (tertiary/aromatic N) is 3. The molecule has 0 saturated carbocycles. The van der Waals surface area contributed by atoms with Crippen molar-refractivity contribution in [3.05, 3.63) is 52.6 Å². The Labute approximate surface area is 214 Å². The van der Waals surface area contributed by atoms with Crippen molar-refractivity contribution in [3.8, 4) is 11.5 Å². The van der Waals surface area contributed by atoms with E-state index >= 15 is 8.78 Å². The highest BCUT2D eigenvalue weighted by Crippen LogP contribution is 2.40. The van der Waals surface area contributed by atoms with Crippen molar-refractivity contribution in [2.24, 2.45) is 0 Å². The third-order valence-corrected chi connectivity index (χ3v) is 6.91. The van der Waals surface area contributed by atoms with Crippen molar-refractivity contribution in [1.82, 2.24) is 14.9 Å². The van der Waals surface area contributed by atoms with Crippen molar-refractivity contribution < 1.29 is 26.6 Å². The predicted octanol–water partition coefficient (Wildman–Crippen LogP) is 3.03. The van der Waals surface area contributed by atoms with Gasteiger partial charge in [0, 0.05) is 30.6 Å². The van der Waals surface area contributed by atoms with Crippen LogP contribution in [-0.2, 0) is 14.0 Å². The number of aromatic nitrogens is 2. The molecule has 1 aliphatic rings. The van der Waals surface area contributed by atoms with Crippen LogP contribution in [0.4, 0.5) is 20.2 Å². The van der Waals surface area contributed by atoms with Crippen molar-refractivity contribution in [2.75, 3.05) is 51.6 Å². The van der Waals surface area contributed by atoms with Crippen LogP contribution in [0, 0.1) is 11.6 Å². The summed E-state index contributed by atoms with van der Waals surface area (Å²) in [5.74, 6) is 1.06. The summed E-state index contributed by atoms with van der Waals surface area (Å²) in [5.41, 5.74) is 0.0494. The quantitative estimate of drug-likeness (QED) is 0.417. The Morgan fingerprint density at radius 3 is 2.41 bits per heavy atom. The smallest absolute Gasteiger partial charge is 0.261 e. The lowest BCUT2D eigenvalue weighted by molar-refractivity contribution is 0.349. The fourth-order valence-corrected chi connectivity index (χ4v) is 4.85. The number of ether oxygens (including phenoxy) is 2. The predicted molar refractivity (Wildman–Crippen MR) is 141 cm³/mol. The maximum absolute atomic E-state index is 15.5. The number of hydrogen-bond acceptors (Lipinski definition) is 8. The molecule has 0 spiro atoms. The molecule has 37 heavy (non-hydrogen) atoms. The average Bonchev–Trinajstić information content (AvgIpc) is 2.88. The Balaban J connectivity index is 1.86. The molecule has 1 aromatic heterocycles. The highest BCUT2D eigenvalue weighted by Gasteiger charge is 2.27. The maximum atomic E-state index is 15.5. The molecule has 1 fully saturated rings. The van der Waals surface area contributed by atoms with Gasteiger partial charge in [0.2, 0.25) is 0 Å². The van der Waals surface area contributed by atoms with Gasteiger partial charge in [-0.05, 0) is 50.0 Å². The minimum atomic E-state index is -2.82. The number of rotatable bonds is 9. The van der Waals surface area contributed by atoms with Crippen LogP contribution in [0.2, 0.25) is 0 Å². The number of anilines is 2. The SMILES string of the molecule is C=S(C)(=O)OCCN(c1ccc2ncn(C3CCNCC3)c(=O)c2c1)c1c(F)c(OC)cc(OC)c1F. The molecule has 0 aliphatic carbocycles. The zero-order valence-corrected chi connectivity index (χ0v) is 21.8. The molecule has 2 heterocycles. The molecule has 1 saturated heterocycles. The summed E-state index contributed by atoms with van der Waals surface area (Å²) < 4.78 is 60.1. The maximum Gasteiger partial charge on any atom is 0.261 e. The molecule has 1 N–H and O–H groups in total. The molecular weight excluding hydrogens is 506 g/mol. The fourth-order valence-electron chi connectivity index (χ4n) is 4.42. The first-order chi connectivity index (χ1) is 17.6. The second-order valence-electron chi connectivity index (χ2n) is 8.80. The monoisotopic (exact) mass is 536 g/mol. The second-order valence-corrected chi connectivity index (χ2v) is 10.9. The summed E-state index contributed by atoms with van der Waals surface area (Å²) >= 11 is 0. The van der Waals surface area contributed by atoms with E-state index in [1.54, 1.807) is 29.1 Å². The zero-order chi connectivity index (χ0) is 26.7. The lowest BCUT2D eigenvalue weighted by Gasteiger charge is -2.28. The zero-order valence-electron chi connectivity index (χ0n) is 21.0. The van der Waals surface area contributed by atoms with Crippen molar-refractivity contribution in [3.63, 3.8) is 0 Å². The molecule has 1 atom stereocenters. The van der Waals surface area contributed by atoms with Crippen molar-refractivity contribution in [2.45, 2.75) is 18.9 Å². The van der Waals surface area contributed by atoms with Gasteiger partial charge in [0.15, 0.2) is 23.1 Å². The highest BCUT2D eigenvalue weighted by molar-refractivity contribution is 7.95. The third-order valence-electron chi connectivity index (χ3n) is 6.25. The molecule has 4 rings (SSSR count). The van der Waals surface area contributed by atoms with Crippen LogP contribution in [-0.4, -0.2) is 66.3 Å². The van der Waals surface area contributed by atoms with Gasteiger partial charge in [0.25, 0.3) is 5.56 Å². The second kappa shape index (κ2) is 11.0. The van der Waals surface area contributed by atoms with E-state index in [1.807, 2.05) is 0 Å². The summed E-state index contributed by atoms with van der Waals surface area (Å²) in [6, 6.07) is 5.87. The van der Waals surface area contributed by atoms with Gasteiger partial charge in [-0.15, -0.1) is 0 Å². The van der Waals surface area contributed by atoms with Crippen molar-refractivity contribution >= 4 is 38.0 Å². The van der Waals surface area contributed by atoms with E-state index in [9.17, 15) is 9.00 Å².